The van der Waals surface area contributed by atoms with Gasteiger partial charge in [0.05, 0.1) is 24.5 Å². The van der Waals surface area contributed by atoms with Gasteiger partial charge in [-0.25, -0.2) is 8.42 Å². The minimum atomic E-state index is -3.81. The fourth-order valence-corrected chi connectivity index (χ4v) is 4.49. The van der Waals surface area contributed by atoms with Gasteiger partial charge in [0.15, 0.2) is 11.5 Å². The molecule has 31 heavy (non-hydrogen) atoms. The molecule has 2 aromatic rings. The van der Waals surface area contributed by atoms with Gasteiger partial charge >= 0.3 is 0 Å². The maximum atomic E-state index is 12.8. The zero-order valence-electron chi connectivity index (χ0n) is 17.9. The summed E-state index contributed by atoms with van der Waals surface area (Å²) in [4.78, 5) is 12.7. The molecule has 0 aromatic heterocycles. The van der Waals surface area contributed by atoms with E-state index < -0.39 is 15.4 Å². The van der Waals surface area contributed by atoms with E-state index in [2.05, 4.69) is 10.0 Å². The molecule has 0 spiro atoms. The molecule has 1 amide bonds. The van der Waals surface area contributed by atoms with Crippen molar-refractivity contribution in [2.75, 3.05) is 39.2 Å². The van der Waals surface area contributed by atoms with Gasteiger partial charge in [0.1, 0.15) is 0 Å². The maximum Gasteiger partial charge on any atom is 0.262 e. The second kappa shape index (κ2) is 9.57. The number of nitrogens with one attached hydrogen (secondary N) is 2. The van der Waals surface area contributed by atoms with Crippen molar-refractivity contribution < 1.29 is 27.4 Å². The first-order valence-electron chi connectivity index (χ1n) is 9.99. The molecule has 9 heteroatoms. The molecule has 8 nitrogen and oxygen atoms in total. The van der Waals surface area contributed by atoms with Crippen LogP contribution in [0.4, 0.5) is 5.69 Å². The van der Waals surface area contributed by atoms with E-state index in [1.54, 1.807) is 37.4 Å². The number of sulfonamides is 1. The van der Waals surface area contributed by atoms with E-state index in [0.717, 1.165) is 24.8 Å². The summed E-state index contributed by atoms with van der Waals surface area (Å²) in [5, 5.41) is 2.96. The first-order valence-corrected chi connectivity index (χ1v) is 11.5. The van der Waals surface area contributed by atoms with E-state index in [0.29, 0.717) is 30.3 Å². The van der Waals surface area contributed by atoms with Crippen molar-refractivity contribution in [3.8, 4) is 11.5 Å². The zero-order chi connectivity index (χ0) is 22.5. The molecule has 3 rings (SSSR count). The Hall–Kier alpha value is -2.78. The van der Waals surface area contributed by atoms with Crippen molar-refractivity contribution in [1.29, 1.82) is 0 Å². The fourth-order valence-electron chi connectivity index (χ4n) is 3.41. The van der Waals surface area contributed by atoms with E-state index in [-0.39, 0.29) is 10.8 Å². The minimum Gasteiger partial charge on any atom is -0.493 e. The molecule has 0 atom stereocenters. The molecule has 2 N–H and O–H groups in total. The van der Waals surface area contributed by atoms with Crippen LogP contribution in [-0.4, -0.2) is 48.8 Å². The molecule has 1 saturated carbocycles. The summed E-state index contributed by atoms with van der Waals surface area (Å²) in [6.45, 7) is 1.17. The van der Waals surface area contributed by atoms with Crippen molar-refractivity contribution in [1.82, 2.24) is 5.32 Å². The van der Waals surface area contributed by atoms with Crippen LogP contribution in [0, 0.1) is 0 Å². The maximum absolute atomic E-state index is 12.8. The lowest BCUT2D eigenvalue weighted by atomic mass is 9.95. The van der Waals surface area contributed by atoms with E-state index in [1.165, 1.54) is 26.4 Å². The molecule has 0 heterocycles. The second-order valence-corrected chi connectivity index (χ2v) is 9.07. The van der Waals surface area contributed by atoms with Crippen LogP contribution >= 0.6 is 0 Å². The Labute approximate surface area is 182 Å². The van der Waals surface area contributed by atoms with Crippen molar-refractivity contribution in [3.63, 3.8) is 0 Å². The quantitative estimate of drug-likeness (QED) is 0.513. The highest BCUT2D eigenvalue weighted by Gasteiger charge is 2.51. The molecule has 0 bridgehead atoms. The number of carbonyl (C=O) groups is 1. The summed E-state index contributed by atoms with van der Waals surface area (Å²) in [6.07, 6.45) is 2.31. The van der Waals surface area contributed by atoms with E-state index >= 15 is 0 Å². The van der Waals surface area contributed by atoms with Gasteiger partial charge in [0.25, 0.3) is 10.0 Å². The van der Waals surface area contributed by atoms with Crippen molar-refractivity contribution in [3.05, 3.63) is 48.0 Å². The summed E-state index contributed by atoms with van der Waals surface area (Å²) in [5.41, 5.74) is 0.772. The Morgan fingerprint density at radius 2 is 1.68 bits per heavy atom. The van der Waals surface area contributed by atoms with E-state index in [9.17, 15) is 13.2 Å². The number of benzene rings is 2. The lowest BCUT2D eigenvalue weighted by Crippen LogP contribution is -2.35. The highest BCUT2D eigenvalue weighted by Crippen LogP contribution is 2.48. The Balaban J connectivity index is 1.70. The van der Waals surface area contributed by atoms with Crippen LogP contribution in [0.2, 0.25) is 0 Å². The molecule has 1 fully saturated rings. The third kappa shape index (κ3) is 5.11. The number of ether oxygens (including phenoxy) is 3. The molecular weight excluding hydrogens is 420 g/mol. The topological polar surface area (TPSA) is 103 Å². The number of carbonyl (C=O) groups excluding carboxylic acids is 1. The van der Waals surface area contributed by atoms with Gasteiger partial charge in [0.2, 0.25) is 5.91 Å². The number of rotatable bonds is 11. The third-order valence-corrected chi connectivity index (χ3v) is 6.73. The predicted molar refractivity (Wildman–Crippen MR) is 117 cm³/mol. The van der Waals surface area contributed by atoms with Crippen LogP contribution in [0.1, 0.15) is 24.8 Å². The van der Waals surface area contributed by atoms with Gasteiger partial charge < -0.3 is 19.5 Å². The molecule has 0 aliphatic heterocycles. The van der Waals surface area contributed by atoms with E-state index in [1.807, 2.05) is 0 Å². The van der Waals surface area contributed by atoms with Crippen LogP contribution in [0.5, 0.6) is 11.5 Å². The Morgan fingerprint density at radius 3 is 2.26 bits per heavy atom. The molecule has 2 aromatic carbocycles. The first-order chi connectivity index (χ1) is 14.9. The van der Waals surface area contributed by atoms with Crippen LogP contribution < -0.4 is 19.5 Å². The summed E-state index contributed by atoms with van der Waals surface area (Å²) >= 11 is 0. The third-order valence-electron chi connectivity index (χ3n) is 5.35. The molecule has 0 unspecified atom stereocenters. The lowest BCUT2D eigenvalue weighted by molar-refractivity contribution is -0.123. The highest BCUT2D eigenvalue weighted by molar-refractivity contribution is 7.92. The predicted octanol–water partition coefficient (Wildman–Crippen LogP) is 2.69. The summed E-state index contributed by atoms with van der Waals surface area (Å²) < 4.78 is 43.4. The largest absolute Gasteiger partial charge is 0.493 e. The van der Waals surface area contributed by atoms with Gasteiger partial charge in [0, 0.05) is 32.0 Å². The van der Waals surface area contributed by atoms with Crippen LogP contribution in [-0.2, 0) is 25.0 Å². The Morgan fingerprint density at radius 1 is 1.00 bits per heavy atom. The second-order valence-electron chi connectivity index (χ2n) is 7.38. The average molecular weight is 449 g/mol. The standard InChI is InChI=1S/C22H28N2O6S/c1-28-14-4-13-23-21(25)22(11-12-22)16-5-7-17(8-6-16)24-31(26,27)18-9-10-19(29-2)20(15-18)30-3/h5-10,15,24H,4,11-14H2,1-3H3,(H,23,25). The van der Waals surface area contributed by atoms with Crippen LogP contribution in [0.15, 0.2) is 47.4 Å². The summed E-state index contributed by atoms with van der Waals surface area (Å²) in [7, 11) is 0.747. The lowest BCUT2D eigenvalue weighted by Gasteiger charge is -2.17. The van der Waals surface area contributed by atoms with Gasteiger partial charge in [-0.1, -0.05) is 12.1 Å². The smallest absolute Gasteiger partial charge is 0.262 e. The average Bonchev–Trinajstić information content (AvgIpc) is 3.58. The summed E-state index contributed by atoms with van der Waals surface area (Å²) in [6, 6.07) is 11.3. The fraction of sp³-hybridized carbons (Fsp3) is 0.409. The van der Waals surface area contributed by atoms with Gasteiger partial charge in [-0.05, 0) is 49.1 Å². The number of hydrogen-bond donors (Lipinski definition) is 2. The monoisotopic (exact) mass is 448 g/mol. The molecule has 1 aliphatic rings. The molecule has 1 aliphatic carbocycles. The normalized spacial score (nSPS) is 14.5. The molecule has 0 radical (unpaired) electrons. The van der Waals surface area contributed by atoms with Crippen molar-refractivity contribution in [2.24, 2.45) is 0 Å². The molecule has 168 valence electrons. The number of anilines is 1. The highest BCUT2D eigenvalue weighted by atomic mass is 32.2. The van der Waals surface area contributed by atoms with Gasteiger partial charge in [-0.3, -0.25) is 9.52 Å². The van der Waals surface area contributed by atoms with Crippen LogP contribution in [0.25, 0.3) is 0 Å². The minimum absolute atomic E-state index is 0.00209. The van der Waals surface area contributed by atoms with Gasteiger partial charge in [-0.2, -0.15) is 0 Å². The van der Waals surface area contributed by atoms with Gasteiger partial charge in [-0.15, -0.1) is 0 Å². The number of amides is 1. The zero-order valence-corrected chi connectivity index (χ0v) is 18.8. The molecule has 0 saturated heterocycles. The van der Waals surface area contributed by atoms with Crippen molar-refractivity contribution in [2.45, 2.75) is 29.6 Å². The Bertz CT molecular complexity index is 1020. The Kier molecular flexibility index (Phi) is 7.07. The van der Waals surface area contributed by atoms with E-state index in [4.69, 9.17) is 14.2 Å². The summed E-state index contributed by atoms with van der Waals surface area (Å²) in [5.74, 6) is 0.774. The number of hydrogen-bond acceptors (Lipinski definition) is 6. The van der Waals surface area contributed by atoms with Crippen LogP contribution in [0.3, 0.4) is 0 Å². The molecular formula is C22H28N2O6S. The first kappa shape index (κ1) is 22.9. The van der Waals surface area contributed by atoms with Crippen molar-refractivity contribution >= 4 is 21.6 Å². The number of methoxy groups -OCH3 is 3. The SMILES string of the molecule is COCCCNC(=O)C1(c2ccc(NS(=O)(=O)c3ccc(OC)c(OC)c3)cc2)CC1.